The highest BCUT2D eigenvalue weighted by molar-refractivity contribution is 6.18. The van der Waals surface area contributed by atoms with E-state index in [1.54, 1.807) is 0 Å². The predicted molar refractivity (Wildman–Crippen MR) is 81.1 cm³/mol. The highest BCUT2D eigenvalue weighted by Gasteiger charge is 2.17. The quantitative estimate of drug-likeness (QED) is 0.346. The van der Waals surface area contributed by atoms with Crippen molar-refractivity contribution in [2.24, 2.45) is 5.92 Å². The number of rotatable bonds is 8. The number of hydrogen-bond acceptors (Lipinski definition) is 4. The van der Waals surface area contributed by atoms with Crippen molar-refractivity contribution in [3.05, 3.63) is 33.9 Å². The lowest BCUT2D eigenvalue weighted by molar-refractivity contribution is -0.385. The van der Waals surface area contributed by atoms with Gasteiger partial charge in [-0.25, -0.2) is 0 Å². The Labute approximate surface area is 128 Å². The number of nitro benzene ring substituents is 1. The molecule has 0 fully saturated rings. The minimum absolute atomic E-state index is 0.132. The van der Waals surface area contributed by atoms with Crippen LogP contribution in [0.2, 0.25) is 0 Å². The highest BCUT2D eigenvalue weighted by Crippen LogP contribution is 2.27. The van der Waals surface area contributed by atoms with Crippen molar-refractivity contribution in [3.8, 4) is 5.75 Å². The lowest BCUT2D eigenvalue weighted by Crippen LogP contribution is -2.24. The first-order valence-corrected chi connectivity index (χ1v) is 7.19. The highest BCUT2D eigenvalue weighted by atomic mass is 35.5. The van der Waals surface area contributed by atoms with Gasteiger partial charge in [0.15, 0.2) is 5.75 Å². The molecule has 1 amide bonds. The van der Waals surface area contributed by atoms with Crippen LogP contribution in [0, 0.1) is 16.0 Å². The molecule has 6 nitrogen and oxygen atoms in total. The normalized spacial score (nSPS) is 11.8. The van der Waals surface area contributed by atoms with E-state index in [0.29, 0.717) is 18.3 Å². The summed E-state index contributed by atoms with van der Waals surface area (Å²) in [5.41, 5.74) is 0.0220. The number of nitrogens with one attached hydrogen (secondary N) is 1. The summed E-state index contributed by atoms with van der Waals surface area (Å²) in [4.78, 5) is 22.3. The molecule has 0 saturated carbocycles. The Balaban J connectivity index is 2.62. The van der Waals surface area contributed by atoms with Gasteiger partial charge < -0.3 is 10.1 Å². The molecule has 116 valence electrons. The Morgan fingerprint density at radius 2 is 2.24 bits per heavy atom. The molecule has 7 heteroatoms. The molecular weight excluding hydrogens is 296 g/mol. The second kappa shape index (κ2) is 8.46. The van der Waals surface area contributed by atoms with Crippen LogP contribution in [0.4, 0.5) is 5.69 Å². The number of benzene rings is 1. The number of alkyl halides is 1. The maximum absolute atomic E-state index is 11.9. The minimum Gasteiger partial charge on any atom is -0.490 e. The van der Waals surface area contributed by atoms with Crippen LogP contribution in [0.5, 0.6) is 5.75 Å². The van der Waals surface area contributed by atoms with Crippen LogP contribution in [-0.2, 0) is 0 Å². The van der Waals surface area contributed by atoms with Crippen molar-refractivity contribution in [1.29, 1.82) is 0 Å². The smallest absolute Gasteiger partial charge is 0.311 e. The molecule has 0 saturated heterocycles. The minimum atomic E-state index is -0.572. The third-order valence-electron chi connectivity index (χ3n) is 3.06. The lowest BCUT2D eigenvalue weighted by atomic mass is 10.1. The van der Waals surface area contributed by atoms with E-state index in [1.807, 2.05) is 6.92 Å². The average Bonchev–Trinajstić information content (AvgIpc) is 2.50. The van der Waals surface area contributed by atoms with Crippen molar-refractivity contribution < 1.29 is 14.5 Å². The number of ether oxygens (including phenoxy) is 1. The summed E-state index contributed by atoms with van der Waals surface area (Å²) in [6.45, 7) is 2.56. The second-order valence-corrected chi connectivity index (χ2v) is 5.11. The summed E-state index contributed by atoms with van der Waals surface area (Å²) >= 11 is 5.70. The summed E-state index contributed by atoms with van der Waals surface area (Å²) in [6.07, 6.45) is 1.74. The number of nitro groups is 1. The molecule has 0 radical (unpaired) electrons. The zero-order chi connectivity index (χ0) is 15.8. The third kappa shape index (κ3) is 5.23. The summed E-state index contributed by atoms with van der Waals surface area (Å²) in [6, 6.07) is 4.14. The van der Waals surface area contributed by atoms with Gasteiger partial charge in [0.1, 0.15) is 0 Å². The van der Waals surface area contributed by atoms with E-state index in [2.05, 4.69) is 5.32 Å². The maximum Gasteiger partial charge on any atom is 0.311 e. The molecule has 1 rings (SSSR count). The summed E-state index contributed by atoms with van der Waals surface area (Å²) in [5, 5.41) is 13.6. The van der Waals surface area contributed by atoms with Crippen LogP contribution >= 0.6 is 11.6 Å². The van der Waals surface area contributed by atoms with Crippen molar-refractivity contribution in [2.75, 3.05) is 19.5 Å². The van der Waals surface area contributed by atoms with Gasteiger partial charge >= 0.3 is 5.69 Å². The number of amides is 1. The van der Waals surface area contributed by atoms with E-state index in [-0.39, 0.29) is 22.9 Å². The van der Waals surface area contributed by atoms with Crippen LogP contribution < -0.4 is 10.1 Å². The number of hydrogen-bond donors (Lipinski definition) is 1. The van der Waals surface area contributed by atoms with E-state index >= 15 is 0 Å². The Hall–Kier alpha value is -1.82. The van der Waals surface area contributed by atoms with Gasteiger partial charge in [0.2, 0.25) is 0 Å². The SMILES string of the molecule is COc1ccc(C(=O)NCCCC(C)CCl)cc1[N+](=O)[O-]. The molecule has 0 heterocycles. The molecule has 0 aliphatic carbocycles. The topological polar surface area (TPSA) is 81.5 Å². The number of halogens is 1. The molecule has 0 aromatic heterocycles. The van der Waals surface area contributed by atoms with Crippen LogP contribution in [0.3, 0.4) is 0 Å². The molecule has 1 atom stereocenters. The van der Waals surface area contributed by atoms with Crippen molar-refractivity contribution in [1.82, 2.24) is 5.32 Å². The van der Waals surface area contributed by atoms with Crippen molar-refractivity contribution in [3.63, 3.8) is 0 Å². The van der Waals surface area contributed by atoms with Gasteiger partial charge in [-0.1, -0.05) is 6.92 Å². The van der Waals surface area contributed by atoms with Gasteiger partial charge in [0.25, 0.3) is 5.91 Å². The predicted octanol–water partition coefficient (Wildman–Crippen LogP) is 2.99. The fourth-order valence-corrected chi connectivity index (χ4v) is 1.96. The molecule has 0 spiro atoms. The molecular formula is C14H19ClN2O4. The van der Waals surface area contributed by atoms with Crippen LogP contribution in [0.15, 0.2) is 18.2 Å². The molecule has 1 aromatic carbocycles. The zero-order valence-electron chi connectivity index (χ0n) is 12.1. The number of nitrogens with zero attached hydrogens (tertiary/aromatic N) is 1. The third-order valence-corrected chi connectivity index (χ3v) is 3.59. The molecule has 1 unspecified atom stereocenters. The standard InChI is InChI=1S/C14H19ClN2O4/c1-10(9-15)4-3-7-16-14(18)11-5-6-13(21-2)12(8-11)17(19)20/h5-6,8,10H,3-4,7,9H2,1-2H3,(H,16,18). The average molecular weight is 315 g/mol. The largest absolute Gasteiger partial charge is 0.490 e. The van der Waals surface area contributed by atoms with Gasteiger partial charge in [0.05, 0.1) is 12.0 Å². The van der Waals surface area contributed by atoms with Crippen molar-refractivity contribution in [2.45, 2.75) is 19.8 Å². The number of methoxy groups -OCH3 is 1. The van der Waals surface area contributed by atoms with Gasteiger partial charge in [0, 0.05) is 24.1 Å². The van der Waals surface area contributed by atoms with E-state index in [4.69, 9.17) is 16.3 Å². The first-order valence-electron chi connectivity index (χ1n) is 6.66. The molecule has 1 N–H and O–H groups in total. The van der Waals surface area contributed by atoms with Gasteiger partial charge in [-0.2, -0.15) is 0 Å². The Kier molecular flexibility index (Phi) is 6.94. The van der Waals surface area contributed by atoms with E-state index in [0.717, 1.165) is 12.8 Å². The lowest BCUT2D eigenvalue weighted by Gasteiger charge is -2.09. The molecule has 0 bridgehead atoms. The van der Waals surface area contributed by atoms with Crippen LogP contribution in [-0.4, -0.2) is 30.4 Å². The monoisotopic (exact) mass is 314 g/mol. The van der Waals surface area contributed by atoms with Gasteiger partial charge in [-0.15, -0.1) is 11.6 Å². The van der Waals surface area contributed by atoms with Gasteiger partial charge in [-0.05, 0) is 30.9 Å². The van der Waals surface area contributed by atoms with E-state index in [1.165, 1.54) is 25.3 Å². The molecule has 1 aromatic rings. The zero-order valence-corrected chi connectivity index (χ0v) is 12.9. The second-order valence-electron chi connectivity index (χ2n) is 4.80. The first-order chi connectivity index (χ1) is 9.99. The van der Waals surface area contributed by atoms with Crippen molar-refractivity contribution >= 4 is 23.2 Å². The van der Waals surface area contributed by atoms with E-state index < -0.39 is 4.92 Å². The summed E-state index contributed by atoms with van der Waals surface area (Å²) in [5.74, 6) is 0.802. The Morgan fingerprint density at radius 1 is 1.52 bits per heavy atom. The fourth-order valence-electron chi connectivity index (χ4n) is 1.81. The van der Waals surface area contributed by atoms with Crippen LogP contribution in [0.25, 0.3) is 0 Å². The summed E-state index contributed by atoms with van der Waals surface area (Å²) in [7, 11) is 1.35. The molecule has 21 heavy (non-hydrogen) atoms. The fraction of sp³-hybridized carbons (Fsp3) is 0.500. The van der Waals surface area contributed by atoms with E-state index in [9.17, 15) is 14.9 Å². The number of carbonyl (C=O) groups is 1. The Morgan fingerprint density at radius 3 is 2.81 bits per heavy atom. The Bertz CT molecular complexity index is 508. The molecule has 0 aliphatic heterocycles. The first kappa shape index (κ1) is 17.2. The maximum atomic E-state index is 11.9. The molecule has 0 aliphatic rings. The van der Waals surface area contributed by atoms with Gasteiger partial charge in [-0.3, -0.25) is 14.9 Å². The number of carbonyl (C=O) groups excluding carboxylic acids is 1. The van der Waals surface area contributed by atoms with Crippen LogP contribution in [0.1, 0.15) is 30.1 Å². The summed E-state index contributed by atoms with van der Waals surface area (Å²) < 4.78 is 4.89.